The van der Waals surface area contributed by atoms with Crippen molar-refractivity contribution in [3.63, 3.8) is 0 Å². The van der Waals surface area contributed by atoms with Gasteiger partial charge in [0.1, 0.15) is 5.69 Å². The van der Waals surface area contributed by atoms with Crippen LogP contribution in [0.5, 0.6) is 0 Å². The quantitative estimate of drug-likeness (QED) is 0.688. The van der Waals surface area contributed by atoms with Gasteiger partial charge in [0, 0.05) is 24.2 Å². The molecule has 0 N–H and O–H groups in total. The van der Waals surface area contributed by atoms with Gasteiger partial charge in [0.15, 0.2) is 6.29 Å². The average Bonchev–Trinajstić information content (AvgIpc) is 2.93. The van der Waals surface area contributed by atoms with E-state index >= 15 is 0 Å². The van der Waals surface area contributed by atoms with Crippen molar-refractivity contribution in [2.24, 2.45) is 0 Å². The van der Waals surface area contributed by atoms with Crippen molar-refractivity contribution in [3.05, 3.63) is 71.7 Å². The molecule has 0 atom stereocenters. The number of hydrogen-bond donors (Lipinski definition) is 0. The number of hydrogen-bond acceptors (Lipinski definition) is 3. The first-order chi connectivity index (χ1) is 10.3. The lowest BCUT2D eigenvalue weighted by atomic mass is 10.1. The van der Waals surface area contributed by atoms with Crippen LogP contribution in [0.4, 0.5) is 0 Å². The zero-order valence-electron chi connectivity index (χ0n) is 11.7. The van der Waals surface area contributed by atoms with Crippen LogP contribution in [0.15, 0.2) is 55.0 Å². The highest BCUT2D eigenvalue weighted by molar-refractivity contribution is 5.85. The number of carbonyl (C=O) groups is 1. The maximum Gasteiger partial charge on any atom is 0.153 e. The highest BCUT2D eigenvalue weighted by atomic mass is 16.1. The van der Waals surface area contributed by atoms with Crippen molar-refractivity contribution >= 4 is 6.29 Å². The fourth-order valence-corrected chi connectivity index (χ4v) is 2.30. The number of carbonyl (C=O) groups excluding carboxylic acids is 1. The molecule has 0 amide bonds. The third-order valence-electron chi connectivity index (χ3n) is 3.46. The lowest BCUT2D eigenvalue weighted by molar-refractivity contribution is 0.112. The molecule has 0 aliphatic heterocycles. The van der Waals surface area contributed by atoms with Gasteiger partial charge in [0.05, 0.1) is 12.1 Å². The maximum atomic E-state index is 11.3. The molecule has 0 unspecified atom stereocenters. The monoisotopic (exact) mass is 277 g/mol. The molecular formula is C17H15N3O. The molecule has 0 bridgehead atoms. The molecule has 1 aromatic carbocycles. The molecule has 0 radical (unpaired) electrons. The summed E-state index contributed by atoms with van der Waals surface area (Å²) in [5, 5.41) is 4.55. The van der Waals surface area contributed by atoms with Gasteiger partial charge in [-0.05, 0) is 30.2 Å². The van der Waals surface area contributed by atoms with E-state index in [1.807, 2.05) is 28.9 Å². The van der Waals surface area contributed by atoms with Gasteiger partial charge in [-0.2, -0.15) is 5.10 Å². The van der Waals surface area contributed by atoms with Crippen LogP contribution in [0.25, 0.3) is 11.3 Å². The van der Waals surface area contributed by atoms with Crippen LogP contribution in [-0.4, -0.2) is 21.1 Å². The largest absolute Gasteiger partial charge is 0.298 e. The van der Waals surface area contributed by atoms with E-state index < -0.39 is 0 Å². The Morgan fingerprint density at radius 3 is 2.62 bits per heavy atom. The maximum absolute atomic E-state index is 11.3. The van der Waals surface area contributed by atoms with Gasteiger partial charge in [-0.3, -0.25) is 14.5 Å². The van der Waals surface area contributed by atoms with Crippen molar-refractivity contribution in [3.8, 4) is 11.3 Å². The molecule has 21 heavy (non-hydrogen) atoms. The molecule has 0 saturated carbocycles. The van der Waals surface area contributed by atoms with E-state index in [2.05, 4.69) is 29.1 Å². The van der Waals surface area contributed by atoms with Crippen molar-refractivity contribution < 1.29 is 4.79 Å². The van der Waals surface area contributed by atoms with Gasteiger partial charge in [-0.25, -0.2) is 0 Å². The predicted octanol–water partition coefficient (Wildman–Crippen LogP) is 3.11. The summed E-state index contributed by atoms with van der Waals surface area (Å²) >= 11 is 0. The van der Waals surface area contributed by atoms with Crippen LogP contribution in [0.3, 0.4) is 0 Å². The van der Waals surface area contributed by atoms with Crippen LogP contribution < -0.4 is 0 Å². The van der Waals surface area contributed by atoms with Crippen LogP contribution in [0.1, 0.15) is 21.5 Å². The minimum Gasteiger partial charge on any atom is -0.298 e. The molecule has 0 aliphatic rings. The van der Waals surface area contributed by atoms with E-state index in [0.29, 0.717) is 17.8 Å². The van der Waals surface area contributed by atoms with E-state index in [9.17, 15) is 4.79 Å². The van der Waals surface area contributed by atoms with E-state index in [1.165, 1.54) is 11.1 Å². The van der Waals surface area contributed by atoms with Crippen molar-refractivity contribution in [1.82, 2.24) is 14.8 Å². The topological polar surface area (TPSA) is 47.8 Å². The minimum atomic E-state index is 0.592. The summed E-state index contributed by atoms with van der Waals surface area (Å²) in [6.45, 7) is 2.72. The molecule has 4 nitrogen and oxygen atoms in total. The number of aryl methyl sites for hydroxylation is 1. The Hall–Kier alpha value is -2.75. The van der Waals surface area contributed by atoms with Crippen molar-refractivity contribution in [2.45, 2.75) is 13.5 Å². The molecule has 104 valence electrons. The van der Waals surface area contributed by atoms with Crippen molar-refractivity contribution in [1.29, 1.82) is 0 Å². The number of aldehydes is 1. The average molecular weight is 277 g/mol. The van der Waals surface area contributed by atoms with E-state index in [-0.39, 0.29) is 0 Å². The summed E-state index contributed by atoms with van der Waals surface area (Å²) in [5.74, 6) is 0. The zero-order chi connectivity index (χ0) is 14.7. The number of aromatic nitrogens is 3. The van der Waals surface area contributed by atoms with Gasteiger partial charge in [0.2, 0.25) is 0 Å². The van der Waals surface area contributed by atoms with Gasteiger partial charge in [-0.15, -0.1) is 0 Å². The third-order valence-corrected chi connectivity index (χ3v) is 3.46. The number of pyridine rings is 1. The second kappa shape index (κ2) is 5.71. The summed E-state index contributed by atoms with van der Waals surface area (Å²) in [5.41, 5.74) is 4.59. The first-order valence-corrected chi connectivity index (χ1v) is 6.75. The Bertz CT molecular complexity index is 763. The second-order valence-corrected chi connectivity index (χ2v) is 4.91. The Morgan fingerprint density at radius 1 is 1.14 bits per heavy atom. The molecule has 2 heterocycles. The predicted molar refractivity (Wildman–Crippen MR) is 81.1 cm³/mol. The van der Waals surface area contributed by atoms with Gasteiger partial charge in [-0.1, -0.05) is 24.3 Å². The molecule has 0 spiro atoms. The van der Waals surface area contributed by atoms with Crippen molar-refractivity contribution in [2.75, 3.05) is 0 Å². The molecular weight excluding hydrogens is 262 g/mol. The summed E-state index contributed by atoms with van der Waals surface area (Å²) in [6.07, 6.45) is 6.03. The molecule has 3 aromatic rings. The minimum absolute atomic E-state index is 0.592. The Labute approximate surface area is 123 Å². The number of rotatable bonds is 4. The molecule has 3 rings (SSSR count). The zero-order valence-corrected chi connectivity index (χ0v) is 11.7. The lowest BCUT2D eigenvalue weighted by Gasteiger charge is -2.05. The van der Waals surface area contributed by atoms with Crippen LogP contribution in [-0.2, 0) is 6.54 Å². The Morgan fingerprint density at radius 2 is 1.90 bits per heavy atom. The first-order valence-electron chi connectivity index (χ1n) is 6.75. The normalized spacial score (nSPS) is 10.5. The Kier molecular flexibility index (Phi) is 3.60. The summed E-state index contributed by atoms with van der Waals surface area (Å²) in [7, 11) is 0. The molecule has 0 fully saturated rings. The fourth-order valence-electron chi connectivity index (χ4n) is 2.30. The smallest absolute Gasteiger partial charge is 0.153 e. The molecule has 2 aromatic heterocycles. The lowest BCUT2D eigenvalue weighted by Crippen LogP contribution is -2.02. The van der Waals surface area contributed by atoms with Crippen LogP contribution in [0, 0.1) is 6.92 Å². The number of benzene rings is 1. The van der Waals surface area contributed by atoms with Gasteiger partial charge >= 0.3 is 0 Å². The van der Waals surface area contributed by atoms with Gasteiger partial charge in [0.25, 0.3) is 0 Å². The summed E-state index contributed by atoms with van der Waals surface area (Å²) in [4.78, 5) is 15.3. The summed E-state index contributed by atoms with van der Waals surface area (Å²) < 4.78 is 1.81. The number of nitrogens with zero attached hydrogens (tertiary/aromatic N) is 3. The van der Waals surface area contributed by atoms with Crippen LogP contribution >= 0.6 is 0 Å². The standard InChI is InChI=1S/C17H15N3O/c1-13-4-2-3-5-15(13)10-20-11-16(12-21)17(19-20)14-6-8-18-9-7-14/h2-9,11-12H,10H2,1H3. The Balaban J connectivity index is 1.97. The van der Waals surface area contributed by atoms with E-state index in [4.69, 9.17) is 0 Å². The van der Waals surface area contributed by atoms with E-state index in [1.54, 1.807) is 18.6 Å². The fraction of sp³-hybridized carbons (Fsp3) is 0.118. The highest BCUT2D eigenvalue weighted by Gasteiger charge is 2.11. The van der Waals surface area contributed by atoms with E-state index in [0.717, 1.165) is 11.8 Å². The highest BCUT2D eigenvalue weighted by Crippen LogP contribution is 2.20. The summed E-state index contributed by atoms with van der Waals surface area (Å²) in [6, 6.07) is 11.9. The molecule has 4 heteroatoms. The molecule has 0 saturated heterocycles. The molecule has 0 aliphatic carbocycles. The van der Waals surface area contributed by atoms with Gasteiger partial charge < -0.3 is 0 Å². The second-order valence-electron chi connectivity index (χ2n) is 4.91. The third kappa shape index (κ3) is 2.74. The SMILES string of the molecule is Cc1ccccc1Cn1cc(C=O)c(-c2ccncc2)n1. The first kappa shape index (κ1) is 13.2. The van der Waals surface area contributed by atoms with Crippen LogP contribution in [0.2, 0.25) is 0 Å².